The van der Waals surface area contributed by atoms with Gasteiger partial charge in [0.2, 0.25) is 0 Å². The van der Waals surface area contributed by atoms with Crippen molar-refractivity contribution in [2.75, 3.05) is 64.4 Å². The molecule has 0 aliphatic heterocycles. The highest BCUT2D eigenvalue weighted by molar-refractivity contribution is 7.99. The van der Waals surface area contributed by atoms with Crippen LogP contribution in [0.1, 0.15) is 155 Å². The van der Waals surface area contributed by atoms with E-state index >= 15 is 0 Å². The van der Waals surface area contributed by atoms with Crippen molar-refractivity contribution in [1.82, 2.24) is 0 Å². The molecule has 0 aromatic heterocycles. The second-order valence-electron chi connectivity index (χ2n) is 13.3. The third kappa shape index (κ3) is 24.9. The largest absolute Gasteiger partial charge is 0.396 e. The lowest BCUT2D eigenvalue weighted by Crippen LogP contribution is -2.41. The van der Waals surface area contributed by atoms with Gasteiger partial charge in [0.25, 0.3) is 0 Å². The van der Waals surface area contributed by atoms with Crippen molar-refractivity contribution in [3.8, 4) is 0 Å². The molecule has 0 aliphatic rings. The van der Waals surface area contributed by atoms with E-state index in [4.69, 9.17) is 9.47 Å². The quantitative estimate of drug-likeness (QED) is 0.0515. The Morgan fingerprint density at radius 2 is 0.651 bits per heavy atom. The molecule has 0 radical (unpaired) electrons. The van der Waals surface area contributed by atoms with Crippen LogP contribution >= 0.6 is 11.8 Å². The SMILES string of the molecule is CCCCCCCCCCCCCOCC(CO)(CO)CSCC(CO)(CO)COCCCCCCCCCCCCC. The summed E-state index contributed by atoms with van der Waals surface area (Å²) in [6, 6.07) is 0. The van der Waals surface area contributed by atoms with E-state index < -0.39 is 10.8 Å². The van der Waals surface area contributed by atoms with Gasteiger partial charge in [-0.2, -0.15) is 11.8 Å². The summed E-state index contributed by atoms with van der Waals surface area (Å²) in [5, 5.41) is 40.3. The first-order valence-electron chi connectivity index (χ1n) is 18.2. The van der Waals surface area contributed by atoms with Crippen molar-refractivity contribution in [3.63, 3.8) is 0 Å². The summed E-state index contributed by atoms with van der Waals surface area (Å²) < 4.78 is 11.8. The molecule has 260 valence electrons. The molecule has 0 saturated heterocycles. The summed E-state index contributed by atoms with van der Waals surface area (Å²) in [6.07, 6.45) is 28.4. The molecule has 0 aromatic rings. The number of aliphatic hydroxyl groups is 4. The van der Waals surface area contributed by atoms with Crippen LogP contribution < -0.4 is 0 Å². The van der Waals surface area contributed by atoms with Gasteiger partial charge in [0.1, 0.15) is 0 Å². The first-order chi connectivity index (χ1) is 21.1. The molecule has 0 saturated carbocycles. The van der Waals surface area contributed by atoms with E-state index in [1.54, 1.807) is 0 Å². The van der Waals surface area contributed by atoms with Gasteiger partial charge in [0.15, 0.2) is 0 Å². The van der Waals surface area contributed by atoms with E-state index in [9.17, 15) is 20.4 Å². The standard InChI is InChI=1S/C36H74O6S/c1-3-5-7-9-11-13-15-17-19-21-23-25-41-31-35(27-37,28-38)33-43-34-36(29-39,30-40)32-42-26-24-22-20-18-16-14-12-10-8-6-4-2/h37-40H,3-34H2,1-2H3. The average molecular weight is 635 g/mol. The predicted octanol–water partition coefficient (Wildman–Crippen LogP) is 8.32. The molecule has 0 aromatic carbocycles. The number of aliphatic hydroxyl groups excluding tert-OH is 4. The molecule has 0 atom stereocenters. The van der Waals surface area contributed by atoms with E-state index in [1.807, 2.05) is 0 Å². The fourth-order valence-corrected chi connectivity index (χ4v) is 6.85. The third-order valence-electron chi connectivity index (χ3n) is 8.76. The van der Waals surface area contributed by atoms with E-state index in [1.165, 1.54) is 127 Å². The maximum atomic E-state index is 10.1. The van der Waals surface area contributed by atoms with Crippen molar-refractivity contribution < 1.29 is 29.9 Å². The van der Waals surface area contributed by atoms with Crippen LogP contribution in [0.25, 0.3) is 0 Å². The lowest BCUT2D eigenvalue weighted by Gasteiger charge is -2.33. The third-order valence-corrected chi connectivity index (χ3v) is 10.4. The van der Waals surface area contributed by atoms with Gasteiger partial charge in [0.05, 0.1) is 39.6 Å². The fraction of sp³-hybridized carbons (Fsp3) is 1.00. The molecule has 4 N–H and O–H groups in total. The van der Waals surface area contributed by atoms with Crippen LogP contribution in [-0.4, -0.2) is 84.8 Å². The second-order valence-corrected chi connectivity index (χ2v) is 14.3. The number of hydrogen-bond donors (Lipinski definition) is 4. The minimum atomic E-state index is -0.727. The summed E-state index contributed by atoms with van der Waals surface area (Å²) >= 11 is 1.54. The van der Waals surface area contributed by atoms with Crippen LogP contribution in [0.15, 0.2) is 0 Å². The molecule has 0 heterocycles. The fourth-order valence-electron chi connectivity index (χ4n) is 5.35. The maximum Gasteiger partial charge on any atom is 0.0574 e. The Balaban J connectivity index is 4.04. The van der Waals surface area contributed by atoms with E-state index in [2.05, 4.69) is 13.8 Å². The van der Waals surface area contributed by atoms with Gasteiger partial charge >= 0.3 is 0 Å². The van der Waals surface area contributed by atoms with Crippen LogP contribution in [-0.2, 0) is 9.47 Å². The monoisotopic (exact) mass is 635 g/mol. The zero-order chi connectivity index (χ0) is 31.7. The van der Waals surface area contributed by atoms with Gasteiger partial charge in [-0.25, -0.2) is 0 Å². The molecule has 0 aliphatic carbocycles. The van der Waals surface area contributed by atoms with E-state index in [0.29, 0.717) is 37.9 Å². The Hall–Kier alpha value is 0.110. The second kappa shape index (κ2) is 32.1. The summed E-state index contributed by atoms with van der Waals surface area (Å²) in [7, 11) is 0. The topological polar surface area (TPSA) is 99.4 Å². The number of thioether (sulfide) groups is 1. The molecular formula is C36H74O6S. The van der Waals surface area contributed by atoms with Crippen molar-refractivity contribution in [3.05, 3.63) is 0 Å². The number of rotatable bonds is 36. The smallest absolute Gasteiger partial charge is 0.0574 e. The van der Waals surface area contributed by atoms with Gasteiger partial charge in [-0.15, -0.1) is 0 Å². The molecule has 7 heteroatoms. The minimum Gasteiger partial charge on any atom is -0.396 e. The van der Waals surface area contributed by atoms with Crippen LogP contribution in [0.3, 0.4) is 0 Å². The molecule has 0 amide bonds. The van der Waals surface area contributed by atoms with Crippen molar-refractivity contribution in [1.29, 1.82) is 0 Å². The van der Waals surface area contributed by atoms with Gasteiger partial charge in [-0.05, 0) is 12.8 Å². The molecule has 0 unspecified atom stereocenters. The zero-order valence-electron chi connectivity index (χ0n) is 28.6. The van der Waals surface area contributed by atoms with E-state index in [0.717, 1.165) is 25.7 Å². The zero-order valence-corrected chi connectivity index (χ0v) is 29.5. The first kappa shape index (κ1) is 43.1. The molecule has 43 heavy (non-hydrogen) atoms. The maximum absolute atomic E-state index is 10.1. The Bertz CT molecular complexity index is 496. The van der Waals surface area contributed by atoms with Gasteiger partial charge in [-0.3, -0.25) is 0 Å². The first-order valence-corrected chi connectivity index (χ1v) is 19.4. The molecule has 0 rings (SSSR count). The van der Waals surface area contributed by atoms with Crippen molar-refractivity contribution in [2.45, 2.75) is 155 Å². The molecule has 0 bridgehead atoms. The lowest BCUT2D eigenvalue weighted by molar-refractivity contribution is -0.0171. The van der Waals surface area contributed by atoms with Gasteiger partial charge < -0.3 is 29.9 Å². The Morgan fingerprint density at radius 3 is 0.907 bits per heavy atom. The average Bonchev–Trinajstić information content (AvgIpc) is 3.03. The highest BCUT2D eigenvalue weighted by atomic mass is 32.2. The normalized spacial score (nSPS) is 12.4. The molecule has 0 fully saturated rings. The Kier molecular flexibility index (Phi) is 32.1. The minimum absolute atomic E-state index is 0.157. The van der Waals surface area contributed by atoms with Gasteiger partial charge in [-0.1, -0.05) is 142 Å². The molecule has 6 nitrogen and oxygen atoms in total. The van der Waals surface area contributed by atoms with Crippen LogP contribution in [0, 0.1) is 10.8 Å². The summed E-state index contributed by atoms with van der Waals surface area (Å²) in [6.45, 7) is 5.80. The Morgan fingerprint density at radius 1 is 0.395 bits per heavy atom. The molecule has 0 spiro atoms. The van der Waals surface area contributed by atoms with Crippen molar-refractivity contribution >= 4 is 11.8 Å². The van der Waals surface area contributed by atoms with Crippen LogP contribution in [0.4, 0.5) is 0 Å². The van der Waals surface area contributed by atoms with Crippen LogP contribution in [0.5, 0.6) is 0 Å². The molecular weight excluding hydrogens is 560 g/mol. The highest BCUT2D eigenvalue weighted by Crippen LogP contribution is 2.29. The highest BCUT2D eigenvalue weighted by Gasteiger charge is 2.33. The summed E-state index contributed by atoms with van der Waals surface area (Å²) in [4.78, 5) is 0. The number of unbranched alkanes of at least 4 members (excludes halogenated alkanes) is 20. The predicted molar refractivity (Wildman–Crippen MR) is 185 cm³/mol. The summed E-state index contributed by atoms with van der Waals surface area (Å²) in [5.74, 6) is 0.997. The van der Waals surface area contributed by atoms with Crippen LogP contribution in [0.2, 0.25) is 0 Å². The number of hydrogen-bond acceptors (Lipinski definition) is 7. The summed E-state index contributed by atoms with van der Waals surface area (Å²) in [5.41, 5.74) is -1.45. The van der Waals surface area contributed by atoms with Crippen molar-refractivity contribution in [2.24, 2.45) is 10.8 Å². The lowest BCUT2D eigenvalue weighted by atomic mass is 9.93. The Labute approximate surface area is 271 Å². The van der Waals surface area contributed by atoms with Gasteiger partial charge in [0, 0.05) is 35.5 Å². The number of ether oxygens (including phenoxy) is 2. The van der Waals surface area contributed by atoms with E-state index in [-0.39, 0.29) is 26.4 Å².